The van der Waals surface area contributed by atoms with Crippen LogP contribution in [0.5, 0.6) is 0 Å². The number of carboxylic acid groups (broad SMARTS) is 1. The summed E-state index contributed by atoms with van der Waals surface area (Å²) in [5.41, 5.74) is 5.04. The molecule has 0 bridgehead atoms. The molecule has 1 atom stereocenters. The van der Waals surface area contributed by atoms with E-state index in [4.69, 9.17) is 0 Å². The van der Waals surface area contributed by atoms with Crippen LogP contribution in [0.25, 0.3) is 0 Å². The topological polar surface area (TPSA) is 66.4 Å². The van der Waals surface area contributed by atoms with Gasteiger partial charge < -0.3 is 10.4 Å². The Bertz CT molecular complexity index is 776. The molecule has 1 amide bonds. The second-order valence-electron chi connectivity index (χ2n) is 9.45. The van der Waals surface area contributed by atoms with E-state index in [1.165, 1.54) is 36.5 Å². The highest BCUT2D eigenvalue weighted by molar-refractivity contribution is 5.91. The summed E-state index contributed by atoms with van der Waals surface area (Å²) in [4.78, 5) is 23.4. The number of carbonyl (C=O) groups excluding carboxylic acids is 1. The molecule has 0 saturated carbocycles. The van der Waals surface area contributed by atoms with Gasteiger partial charge >= 0.3 is 5.97 Å². The molecular formula is C26H39NO3. The second kappa shape index (κ2) is 11.7. The van der Waals surface area contributed by atoms with E-state index in [-0.39, 0.29) is 17.2 Å². The van der Waals surface area contributed by atoms with Crippen molar-refractivity contribution in [2.24, 2.45) is 11.3 Å². The number of allylic oxidation sites excluding steroid dienone is 9. The van der Waals surface area contributed by atoms with E-state index >= 15 is 0 Å². The number of hydrogen-bond acceptors (Lipinski definition) is 2. The average molecular weight is 414 g/mol. The Morgan fingerprint density at radius 1 is 1.17 bits per heavy atom. The van der Waals surface area contributed by atoms with Crippen molar-refractivity contribution in [2.45, 2.75) is 80.2 Å². The summed E-state index contributed by atoms with van der Waals surface area (Å²) in [7, 11) is 0. The van der Waals surface area contributed by atoms with Crippen LogP contribution in [0.15, 0.2) is 58.7 Å². The molecule has 0 heterocycles. The summed E-state index contributed by atoms with van der Waals surface area (Å²) in [6, 6.07) is -0.861. The monoisotopic (exact) mass is 413 g/mol. The minimum Gasteiger partial charge on any atom is -0.480 e. The molecule has 0 aliphatic heterocycles. The lowest BCUT2D eigenvalue weighted by Crippen LogP contribution is -2.40. The standard InChI is InChI=1S/C26H39NO3/c1-18(2)16-23(25(29)30)27-24(28)17-20(4)11-8-10-19(3)13-14-22-21(5)12-9-15-26(22,6)7/h8,10-11,13-14,17-18,23H,9,12,15-16H2,1-7H3,(H,27,28)(H,29,30)/b11-8-,14-13-,19-10-,20-17-/t23-/m0/s1. The molecule has 1 aliphatic carbocycles. The minimum absolute atomic E-state index is 0.191. The fraction of sp³-hybridized carbons (Fsp3) is 0.538. The molecule has 0 unspecified atom stereocenters. The van der Waals surface area contributed by atoms with Crippen molar-refractivity contribution < 1.29 is 14.7 Å². The van der Waals surface area contributed by atoms with Crippen LogP contribution in [0.1, 0.15) is 74.1 Å². The molecule has 1 rings (SSSR count). The molecule has 1 aliphatic rings. The summed E-state index contributed by atoms with van der Waals surface area (Å²) >= 11 is 0. The molecule has 0 aromatic carbocycles. The molecule has 30 heavy (non-hydrogen) atoms. The van der Waals surface area contributed by atoms with Crippen LogP contribution in [0, 0.1) is 11.3 Å². The number of hydrogen-bond donors (Lipinski definition) is 2. The number of aliphatic carboxylic acids is 1. The predicted octanol–water partition coefficient (Wildman–Crippen LogP) is 6.13. The number of nitrogens with one attached hydrogen (secondary N) is 1. The highest BCUT2D eigenvalue weighted by Crippen LogP contribution is 2.40. The van der Waals surface area contributed by atoms with Crippen LogP contribution >= 0.6 is 0 Å². The Morgan fingerprint density at radius 3 is 2.40 bits per heavy atom. The van der Waals surface area contributed by atoms with Gasteiger partial charge in [0.15, 0.2) is 0 Å². The smallest absolute Gasteiger partial charge is 0.326 e. The summed E-state index contributed by atoms with van der Waals surface area (Å²) in [6.07, 6.45) is 15.7. The Hall–Kier alpha value is -2.36. The lowest BCUT2D eigenvalue weighted by Gasteiger charge is -2.32. The van der Waals surface area contributed by atoms with E-state index in [1.54, 1.807) is 0 Å². The van der Waals surface area contributed by atoms with E-state index in [1.807, 2.05) is 39.0 Å². The molecule has 0 aromatic heterocycles. The van der Waals surface area contributed by atoms with Gasteiger partial charge in [0.25, 0.3) is 0 Å². The molecule has 4 heteroatoms. The van der Waals surface area contributed by atoms with Gasteiger partial charge in [-0.15, -0.1) is 0 Å². The van der Waals surface area contributed by atoms with Gasteiger partial charge in [0.2, 0.25) is 5.91 Å². The van der Waals surface area contributed by atoms with E-state index < -0.39 is 12.0 Å². The second-order valence-corrected chi connectivity index (χ2v) is 9.45. The Labute approximate surface area is 182 Å². The van der Waals surface area contributed by atoms with Gasteiger partial charge in [-0.3, -0.25) is 4.79 Å². The summed E-state index contributed by atoms with van der Waals surface area (Å²) in [5.74, 6) is -1.19. The number of amides is 1. The zero-order chi connectivity index (χ0) is 22.9. The van der Waals surface area contributed by atoms with Gasteiger partial charge in [0.1, 0.15) is 6.04 Å². The maximum atomic E-state index is 12.1. The SMILES string of the molecule is CC1=C(\C=C/C(C)=C\C=C/C(C)=C\C(=O)N[C@@H](CC(C)C)C(=O)O)C(C)(C)CCC1. The van der Waals surface area contributed by atoms with Crippen LogP contribution < -0.4 is 5.32 Å². The van der Waals surface area contributed by atoms with Gasteiger partial charge in [-0.1, -0.05) is 69.2 Å². The Morgan fingerprint density at radius 2 is 1.83 bits per heavy atom. The first-order chi connectivity index (χ1) is 13.9. The van der Waals surface area contributed by atoms with Gasteiger partial charge in [-0.05, 0) is 68.9 Å². The zero-order valence-corrected chi connectivity index (χ0v) is 19.7. The van der Waals surface area contributed by atoms with Crippen molar-refractivity contribution in [3.8, 4) is 0 Å². The third-order valence-electron chi connectivity index (χ3n) is 5.45. The lowest BCUT2D eigenvalue weighted by molar-refractivity contribution is -0.141. The summed E-state index contributed by atoms with van der Waals surface area (Å²) in [6.45, 7) is 14.6. The highest BCUT2D eigenvalue weighted by Gasteiger charge is 2.26. The fourth-order valence-corrected chi connectivity index (χ4v) is 3.79. The first-order valence-electron chi connectivity index (χ1n) is 10.9. The van der Waals surface area contributed by atoms with Crippen molar-refractivity contribution in [1.29, 1.82) is 0 Å². The van der Waals surface area contributed by atoms with Crippen LogP contribution in [0.4, 0.5) is 0 Å². The molecule has 0 saturated heterocycles. The van der Waals surface area contributed by atoms with Crippen LogP contribution in [-0.2, 0) is 9.59 Å². The van der Waals surface area contributed by atoms with Crippen LogP contribution in [-0.4, -0.2) is 23.0 Å². The molecule has 4 nitrogen and oxygen atoms in total. The molecule has 0 spiro atoms. The first-order valence-corrected chi connectivity index (χ1v) is 10.9. The summed E-state index contributed by atoms with van der Waals surface area (Å²) in [5, 5.41) is 11.8. The predicted molar refractivity (Wildman–Crippen MR) is 125 cm³/mol. The maximum Gasteiger partial charge on any atom is 0.326 e. The Balaban J connectivity index is 2.73. The third kappa shape index (κ3) is 8.98. The van der Waals surface area contributed by atoms with Crippen molar-refractivity contribution in [3.63, 3.8) is 0 Å². The highest BCUT2D eigenvalue weighted by atomic mass is 16.4. The van der Waals surface area contributed by atoms with E-state index in [9.17, 15) is 14.7 Å². The quantitative estimate of drug-likeness (QED) is 0.353. The average Bonchev–Trinajstić information content (AvgIpc) is 2.59. The lowest BCUT2D eigenvalue weighted by atomic mass is 9.72. The van der Waals surface area contributed by atoms with Gasteiger partial charge in [-0.25, -0.2) is 4.79 Å². The van der Waals surface area contributed by atoms with Crippen LogP contribution in [0.3, 0.4) is 0 Å². The molecule has 0 radical (unpaired) electrons. The van der Waals surface area contributed by atoms with E-state index in [0.29, 0.717) is 6.42 Å². The van der Waals surface area contributed by atoms with E-state index in [2.05, 4.69) is 45.2 Å². The van der Waals surface area contributed by atoms with E-state index in [0.717, 1.165) is 11.1 Å². The molecule has 0 aromatic rings. The van der Waals surface area contributed by atoms with Gasteiger partial charge in [0.05, 0.1) is 0 Å². The molecule has 2 N–H and O–H groups in total. The summed E-state index contributed by atoms with van der Waals surface area (Å²) < 4.78 is 0. The number of carboxylic acids is 1. The molecule has 0 fully saturated rings. The zero-order valence-electron chi connectivity index (χ0n) is 19.7. The Kier molecular flexibility index (Phi) is 10.0. The van der Waals surface area contributed by atoms with Crippen molar-refractivity contribution >= 4 is 11.9 Å². The number of rotatable bonds is 9. The van der Waals surface area contributed by atoms with Crippen LogP contribution in [0.2, 0.25) is 0 Å². The number of carbonyl (C=O) groups is 2. The van der Waals surface area contributed by atoms with Crippen molar-refractivity contribution in [2.75, 3.05) is 0 Å². The molecular weight excluding hydrogens is 374 g/mol. The maximum absolute atomic E-state index is 12.1. The molecule has 166 valence electrons. The van der Waals surface area contributed by atoms with Crippen molar-refractivity contribution in [3.05, 3.63) is 58.7 Å². The third-order valence-corrected chi connectivity index (χ3v) is 5.45. The van der Waals surface area contributed by atoms with Gasteiger partial charge in [-0.2, -0.15) is 0 Å². The fourth-order valence-electron chi connectivity index (χ4n) is 3.79. The largest absolute Gasteiger partial charge is 0.480 e. The van der Waals surface area contributed by atoms with Gasteiger partial charge in [0, 0.05) is 6.08 Å². The van der Waals surface area contributed by atoms with Crippen molar-refractivity contribution in [1.82, 2.24) is 5.32 Å². The first kappa shape index (κ1) is 25.7. The normalized spacial score (nSPS) is 19.1. The minimum atomic E-state index is -1.00.